The van der Waals surface area contributed by atoms with Gasteiger partial charge in [-0.3, -0.25) is 19.2 Å². The Morgan fingerprint density at radius 2 is 1.95 bits per heavy atom. The molecule has 0 aliphatic rings. The van der Waals surface area contributed by atoms with Gasteiger partial charge in [0.1, 0.15) is 5.82 Å². The molecule has 1 heterocycles. The second-order valence-electron chi connectivity index (χ2n) is 4.23. The van der Waals surface area contributed by atoms with E-state index in [1.807, 2.05) is 13.8 Å². The van der Waals surface area contributed by atoms with Crippen LogP contribution in [-0.2, 0) is 17.8 Å². The number of rotatable bonds is 7. The van der Waals surface area contributed by atoms with Crippen LogP contribution < -0.4 is 17.0 Å². The van der Waals surface area contributed by atoms with Gasteiger partial charge in [0.15, 0.2) is 0 Å². The van der Waals surface area contributed by atoms with Crippen LogP contribution in [-0.4, -0.2) is 41.3 Å². The van der Waals surface area contributed by atoms with Gasteiger partial charge in [0.2, 0.25) is 0 Å². The van der Waals surface area contributed by atoms with Crippen molar-refractivity contribution in [3.05, 3.63) is 26.4 Å². The number of nitrogens with zero attached hydrogens (tertiary/aromatic N) is 2. The molecule has 0 aliphatic heterocycles. The largest absolute Gasteiger partial charge is 0.385 e. The first-order valence-electron chi connectivity index (χ1n) is 6.37. The number of methoxy groups -OCH3 is 1. The minimum Gasteiger partial charge on any atom is -0.385 e. The molecule has 0 spiro atoms. The molecule has 1 rings (SSSR count). The number of aromatic nitrogens is 2. The number of aromatic amines is 1. The van der Waals surface area contributed by atoms with Crippen molar-refractivity contribution in [2.45, 2.75) is 26.9 Å². The van der Waals surface area contributed by atoms with E-state index in [2.05, 4.69) is 9.88 Å². The maximum absolute atomic E-state index is 11.8. The summed E-state index contributed by atoms with van der Waals surface area (Å²) in [5.41, 5.74) is 5.46. The van der Waals surface area contributed by atoms with Crippen molar-refractivity contribution in [3.8, 4) is 0 Å². The van der Waals surface area contributed by atoms with Crippen LogP contribution >= 0.6 is 0 Å². The number of H-pyrrole nitrogens is 1. The molecule has 0 saturated carbocycles. The van der Waals surface area contributed by atoms with Crippen molar-refractivity contribution in [2.24, 2.45) is 0 Å². The van der Waals surface area contributed by atoms with E-state index >= 15 is 0 Å². The Bertz CT molecular complexity index is 517. The Hall–Kier alpha value is -1.60. The fourth-order valence-electron chi connectivity index (χ4n) is 1.86. The van der Waals surface area contributed by atoms with Crippen LogP contribution in [0, 0.1) is 0 Å². The second kappa shape index (κ2) is 7.10. The first-order valence-corrected chi connectivity index (χ1v) is 6.37. The molecule has 3 N–H and O–H groups in total. The van der Waals surface area contributed by atoms with Crippen LogP contribution in [0.3, 0.4) is 0 Å². The monoisotopic (exact) mass is 270 g/mol. The Morgan fingerprint density at radius 3 is 2.47 bits per heavy atom. The van der Waals surface area contributed by atoms with Crippen molar-refractivity contribution in [3.63, 3.8) is 0 Å². The summed E-state index contributed by atoms with van der Waals surface area (Å²) in [6.45, 7) is 6.76. The number of anilines is 1. The van der Waals surface area contributed by atoms with E-state index in [-0.39, 0.29) is 5.82 Å². The minimum atomic E-state index is -0.497. The van der Waals surface area contributed by atoms with Gasteiger partial charge in [-0.15, -0.1) is 0 Å². The molecular weight excluding hydrogens is 248 g/mol. The van der Waals surface area contributed by atoms with Crippen LogP contribution in [0.1, 0.15) is 19.4 Å². The van der Waals surface area contributed by atoms with Crippen LogP contribution in [0.5, 0.6) is 0 Å². The molecule has 0 unspecified atom stereocenters. The average molecular weight is 270 g/mol. The number of hydrogen-bond acceptors (Lipinski definition) is 5. The molecule has 0 aliphatic carbocycles. The molecular formula is C12H22N4O3. The molecule has 7 nitrogen and oxygen atoms in total. The lowest BCUT2D eigenvalue weighted by Crippen LogP contribution is -2.37. The summed E-state index contributed by atoms with van der Waals surface area (Å²) in [5.74, 6) is 0.220. The van der Waals surface area contributed by atoms with Crippen molar-refractivity contribution in [1.82, 2.24) is 14.5 Å². The molecule has 0 radical (unpaired) electrons. The van der Waals surface area contributed by atoms with Gasteiger partial charge in [-0.2, -0.15) is 0 Å². The van der Waals surface area contributed by atoms with E-state index in [1.165, 1.54) is 4.57 Å². The zero-order chi connectivity index (χ0) is 14.4. The zero-order valence-corrected chi connectivity index (χ0v) is 11.7. The third kappa shape index (κ3) is 3.68. The van der Waals surface area contributed by atoms with E-state index < -0.39 is 11.2 Å². The SMILES string of the molecule is CCN(CC)Cc1c(N)n(CCOC)c(=O)[nH]c1=O. The maximum Gasteiger partial charge on any atom is 0.329 e. The Morgan fingerprint density at radius 1 is 1.32 bits per heavy atom. The number of ether oxygens (including phenoxy) is 1. The molecule has 0 saturated heterocycles. The van der Waals surface area contributed by atoms with Gasteiger partial charge in [0.05, 0.1) is 18.7 Å². The Kier molecular flexibility index (Phi) is 5.78. The summed E-state index contributed by atoms with van der Waals surface area (Å²) in [4.78, 5) is 27.9. The molecule has 1 aromatic heterocycles. The normalized spacial score (nSPS) is 11.2. The predicted octanol–water partition coefficient (Wildman–Crippen LogP) is -0.393. The number of nitrogens with two attached hydrogens (primary N) is 1. The Balaban J connectivity index is 3.17. The molecule has 0 atom stereocenters. The molecule has 19 heavy (non-hydrogen) atoms. The summed E-state index contributed by atoms with van der Waals surface area (Å²) in [5, 5.41) is 0. The quantitative estimate of drug-likeness (QED) is 0.703. The van der Waals surface area contributed by atoms with Gasteiger partial charge in [0.25, 0.3) is 5.56 Å². The minimum absolute atomic E-state index is 0.220. The van der Waals surface area contributed by atoms with Crippen molar-refractivity contribution >= 4 is 5.82 Å². The van der Waals surface area contributed by atoms with E-state index in [0.29, 0.717) is 25.3 Å². The van der Waals surface area contributed by atoms with Gasteiger partial charge < -0.3 is 10.5 Å². The molecule has 7 heteroatoms. The van der Waals surface area contributed by atoms with E-state index in [1.54, 1.807) is 7.11 Å². The van der Waals surface area contributed by atoms with Gasteiger partial charge in [-0.05, 0) is 13.1 Å². The van der Waals surface area contributed by atoms with E-state index in [9.17, 15) is 9.59 Å². The summed E-state index contributed by atoms with van der Waals surface area (Å²) in [7, 11) is 1.55. The molecule has 0 amide bonds. The highest BCUT2D eigenvalue weighted by molar-refractivity contribution is 5.38. The van der Waals surface area contributed by atoms with Crippen LogP contribution in [0.25, 0.3) is 0 Å². The van der Waals surface area contributed by atoms with Crippen molar-refractivity contribution < 1.29 is 4.74 Å². The standard InChI is InChI=1S/C12H22N4O3/c1-4-15(5-2)8-9-10(13)16(6-7-19-3)12(18)14-11(9)17/h4-8,13H2,1-3H3,(H,14,17,18). The zero-order valence-electron chi connectivity index (χ0n) is 11.7. The molecule has 0 fully saturated rings. The van der Waals surface area contributed by atoms with E-state index in [4.69, 9.17) is 10.5 Å². The lowest BCUT2D eigenvalue weighted by atomic mass is 10.2. The van der Waals surface area contributed by atoms with Gasteiger partial charge >= 0.3 is 5.69 Å². The fourth-order valence-corrected chi connectivity index (χ4v) is 1.86. The molecule has 0 bridgehead atoms. The van der Waals surface area contributed by atoms with Crippen LogP contribution in [0.15, 0.2) is 9.59 Å². The van der Waals surface area contributed by atoms with Crippen molar-refractivity contribution in [2.75, 3.05) is 32.5 Å². The third-order valence-corrected chi connectivity index (χ3v) is 3.13. The highest BCUT2D eigenvalue weighted by Gasteiger charge is 2.14. The van der Waals surface area contributed by atoms with Gasteiger partial charge in [-0.1, -0.05) is 13.8 Å². The molecule has 1 aromatic rings. The number of hydrogen-bond donors (Lipinski definition) is 2. The Labute approximate surface area is 112 Å². The second-order valence-corrected chi connectivity index (χ2v) is 4.23. The van der Waals surface area contributed by atoms with Gasteiger partial charge in [0, 0.05) is 13.7 Å². The molecule has 108 valence electrons. The first kappa shape index (κ1) is 15.5. The fraction of sp³-hybridized carbons (Fsp3) is 0.667. The number of nitrogen functional groups attached to an aromatic ring is 1. The van der Waals surface area contributed by atoms with Crippen LogP contribution in [0.2, 0.25) is 0 Å². The average Bonchev–Trinajstić information content (AvgIpc) is 2.38. The highest BCUT2D eigenvalue weighted by Crippen LogP contribution is 2.07. The smallest absolute Gasteiger partial charge is 0.329 e. The number of nitrogens with one attached hydrogen (secondary N) is 1. The lowest BCUT2D eigenvalue weighted by Gasteiger charge is -2.19. The highest BCUT2D eigenvalue weighted by atomic mass is 16.5. The summed E-state index contributed by atoms with van der Waals surface area (Å²) < 4.78 is 6.27. The van der Waals surface area contributed by atoms with Crippen LogP contribution in [0.4, 0.5) is 5.82 Å². The summed E-state index contributed by atoms with van der Waals surface area (Å²) in [6, 6.07) is 0. The summed E-state index contributed by atoms with van der Waals surface area (Å²) >= 11 is 0. The summed E-state index contributed by atoms with van der Waals surface area (Å²) in [6.07, 6.45) is 0. The van der Waals surface area contributed by atoms with E-state index in [0.717, 1.165) is 13.1 Å². The van der Waals surface area contributed by atoms with Crippen molar-refractivity contribution in [1.29, 1.82) is 0 Å². The maximum atomic E-state index is 11.8. The molecule has 0 aromatic carbocycles. The lowest BCUT2D eigenvalue weighted by molar-refractivity contribution is 0.186. The third-order valence-electron chi connectivity index (χ3n) is 3.13. The van der Waals surface area contributed by atoms with Gasteiger partial charge in [-0.25, -0.2) is 4.79 Å². The first-order chi connectivity index (χ1) is 9.04. The topological polar surface area (TPSA) is 93.3 Å². The predicted molar refractivity (Wildman–Crippen MR) is 74.2 cm³/mol.